The topological polar surface area (TPSA) is 35.5 Å². The molecule has 3 nitrogen and oxygen atoms in total. The summed E-state index contributed by atoms with van der Waals surface area (Å²) in [7, 11) is 0. The first kappa shape index (κ1) is 10.6. The number of rotatable bonds is 7. The van der Waals surface area contributed by atoms with Crippen molar-refractivity contribution >= 4 is 6.29 Å². The first-order chi connectivity index (χ1) is 5.31. The van der Waals surface area contributed by atoms with Crippen LogP contribution >= 0.6 is 0 Å². The molecule has 66 valence electrons. The van der Waals surface area contributed by atoms with Crippen LogP contribution in [-0.4, -0.2) is 32.2 Å². The van der Waals surface area contributed by atoms with Crippen molar-refractivity contribution in [3.63, 3.8) is 0 Å². The van der Waals surface area contributed by atoms with Crippen LogP contribution in [-0.2, 0) is 14.3 Å². The molecule has 0 fully saturated rings. The number of hydrogen-bond acceptors (Lipinski definition) is 3. The van der Waals surface area contributed by atoms with Gasteiger partial charge in [-0.15, -0.1) is 0 Å². The lowest BCUT2D eigenvalue weighted by molar-refractivity contribution is -0.109. The van der Waals surface area contributed by atoms with Crippen molar-refractivity contribution in [3.05, 3.63) is 0 Å². The van der Waals surface area contributed by atoms with E-state index in [0.29, 0.717) is 26.2 Å². The van der Waals surface area contributed by atoms with Gasteiger partial charge in [-0.05, 0) is 13.8 Å². The van der Waals surface area contributed by atoms with Crippen molar-refractivity contribution < 1.29 is 14.3 Å². The zero-order valence-electron chi connectivity index (χ0n) is 7.21. The van der Waals surface area contributed by atoms with Gasteiger partial charge in [0.1, 0.15) is 6.29 Å². The summed E-state index contributed by atoms with van der Waals surface area (Å²) in [6, 6.07) is 0. The molecule has 1 atom stereocenters. The summed E-state index contributed by atoms with van der Waals surface area (Å²) in [5.74, 6) is 0. The lowest BCUT2D eigenvalue weighted by Gasteiger charge is -2.10. The van der Waals surface area contributed by atoms with Gasteiger partial charge in [-0.2, -0.15) is 0 Å². The smallest absolute Gasteiger partial charge is 0.122 e. The van der Waals surface area contributed by atoms with Crippen molar-refractivity contribution in [2.75, 3.05) is 19.8 Å². The number of ether oxygens (including phenoxy) is 2. The Morgan fingerprint density at radius 3 is 2.82 bits per heavy atom. The molecule has 0 spiro atoms. The molecule has 0 bridgehead atoms. The molecule has 0 saturated carbocycles. The Bertz CT molecular complexity index is 93.3. The van der Waals surface area contributed by atoms with Crippen LogP contribution in [0.25, 0.3) is 0 Å². The fourth-order valence-corrected chi connectivity index (χ4v) is 0.649. The van der Waals surface area contributed by atoms with Gasteiger partial charge < -0.3 is 14.3 Å². The first-order valence-electron chi connectivity index (χ1n) is 3.94. The molecule has 3 heteroatoms. The van der Waals surface area contributed by atoms with E-state index in [-0.39, 0.29) is 6.10 Å². The van der Waals surface area contributed by atoms with E-state index in [1.165, 1.54) is 0 Å². The predicted molar refractivity (Wildman–Crippen MR) is 42.6 cm³/mol. The SMILES string of the molecule is CCOCC(C)OCCC=O. The van der Waals surface area contributed by atoms with Gasteiger partial charge in [-0.25, -0.2) is 0 Å². The van der Waals surface area contributed by atoms with E-state index in [0.717, 1.165) is 6.29 Å². The van der Waals surface area contributed by atoms with Crippen molar-refractivity contribution in [2.45, 2.75) is 26.4 Å². The highest BCUT2D eigenvalue weighted by Crippen LogP contribution is 1.92. The van der Waals surface area contributed by atoms with Crippen molar-refractivity contribution in [1.29, 1.82) is 0 Å². The van der Waals surface area contributed by atoms with Gasteiger partial charge in [0.2, 0.25) is 0 Å². The quantitative estimate of drug-likeness (QED) is 0.412. The lowest BCUT2D eigenvalue weighted by Crippen LogP contribution is -2.16. The van der Waals surface area contributed by atoms with E-state index in [9.17, 15) is 4.79 Å². The van der Waals surface area contributed by atoms with E-state index < -0.39 is 0 Å². The number of carbonyl (C=O) groups excluding carboxylic acids is 1. The third-order valence-corrected chi connectivity index (χ3v) is 1.19. The summed E-state index contributed by atoms with van der Waals surface area (Å²) >= 11 is 0. The Morgan fingerprint density at radius 2 is 2.27 bits per heavy atom. The highest BCUT2D eigenvalue weighted by atomic mass is 16.5. The molecule has 0 N–H and O–H groups in total. The summed E-state index contributed by atoms with van der Waals surface area (Å²) < 4.78 is 10.3. The molecule has 0 amide bonds. The maximum absolute atomic E-state index is 9.89. The van der Waals surface area contributed by atoms with Gasteiger partial charge in [-0.1, -0.05) is 0 Å². The number of aldehydes is 1. The highest BCUT2D eigenvalue weighted by molar-refractivity contribution is 5.49. The molecular weight excluding hydrogens is 144 g/mol. The molecule has 0 aromatic heterocycles. The Labute approximate surface area is 67.7 Å². The summed E-state index contributed by atoms with van der Waals surface area (Å²) in [5.41, 5.74) is 0. The average molecular weight is 160 g/mol. The monoisotopic (exact) mass is 160 g/mol. The summed E-state index contributed by atoms with van der Waals surface area (Å²) in [5, 5.41) is 0. The van der Waals surface area contributed by atoms with Gasteiger partial charge in [-0.3, -0.25) is 0 Å². The van der Waals surface area contributed by atoms with Crippen molar-refractivity contribution in [3.8, 4) is 0 Å². The third-order valence-electron chi connectivity index (χ3n) is 1.19. The van der Waals surface area contributed by atoms with Gasteiger partial charge in [0.15, 0.2) is 0 Å². The summed E-state index contributed by atoms with van der Waals surface area (Å²) in [4.78, 5) is 9.89. The fourth-order valence-electron chi connectivity index (χ4n) is 0.649. The maximum atomic E-state index is 9.89. The van der Waals surface area contributed by atoms with Crippen LogP contribution in [0.3, 0.4) is 0 Å². The maximum Gasteiger partial charge on any atom is 0.122 e. The van der Waals surface area contributed by atoms with E-state index in [1.807, 2.05) is 13.8 Å². The minimum Gasteiger partial charge on any atom is -0.379 e. The molecule has 1 unspecified atom stereocenters. The molecule has 0 rings (SSSR count). The standard InChI is InChI=1S/C8H16O3/c1-3-10-7-8(2)11-6-4-5-9/h5,8H,3-4,6-7H2,1-2H3. The molecular formula is C8H16O3. The zero-order chi connectivity index (χ0) is 8.53. The van der Waals surface area contributed by atoms with E-state index in [2.05, 4.69) is 0 Å². The molecule has 0 aliphatic rings. The Hall–Kier alpha value is -0.410. The second-order valence-corrected chi connectivity index (χ2v) is 2.30. The zero-order valence-corrected chi connectivity index (χ0v) is 7.21. The lowest BCUT2D eigenvalue weighted by atomic mass is 10.4. The van der Waals surface area contributed by atoms with Crippen LogP contribution in [0.5, 0.6) is 0 Å². The van der Waals surface area contributed by atoms with Gasteiger partial charge in [0.05, 0.1) is 19.3 Å². The largest absolute Gasteiger partial charge is 0.379 e. The molecule has 0 aromatic rings. The molecule has 0 aliphatic carbocycles. The van der Waals surface area contributed by atoms with Crippen LogP contribution in [0.4, 0.5) is 0 Å². The van der Waals surface area contributed by atoms with Crippen molar-refractivity contribution in [2.24, 2.45) is 0 Å². The van der Waals surface area contributed by atoms with Crippen LogP contribution in [0.1, 0.15) is 20.3 Å². The second kappa shape index (κ2) is 7.69. The minimum atomic E-state index is 0.0925. The minimum absolute atomic E-state index is 0.0925. The molecule has 0 aliphatic heterocycles. The van der Waals surface area contributed by atoms with Gasteiger partial charge in [0.25, 0.3) is 0 Å². The summed E-state index contributed by atoms with van der Waals surface area (Å²) in [6.07, 6.45) is 1.42. The van der Waals surface area contributed by atoms with Crippen LogP contribution < -0.4 is 0 Å². The van der Waals surface area contributed by atoms with Gasteiger partial charge in [0, 0.05) is 13.0 Å². The number of hydrogen-bond donors (Lipinski definition) is 0. The first-order valence-corrected chi connectivity index (χ1v) is 3.94. The Kier molecular flexibility index (Phi) is 7.41. The molecule has 0 radical (unpaired) electrons. The number of carbonyl (C=O) groups is 1. The van der Waals surface area contributed by atoms with Crippen molar-refractivity contribution in [1.82, 2.24) is 0 Å². The van der Waals surface area contributed by atoms with E-state index in [1.54, 1.807) is 0 Å². The molecule has 0 aromatic carbocycles. The van der Waals surface area contributed by atoms with E-state index >= 15 is 0 Å². The summed E-state index contributed by atoms with van der Waals surface area (Å²) in [6.45, 7) is 5.69. The predicted octanol–water partition coefficient (Wildman–Crippen LogP) is 1.02. The normalized spacial score (nSPS) is 12.9. The van der Waals surface area contributed by atoms with Crippen LogP contribution in [0.15, 0.2) is 0 Å². The average Bonchev–Trinajstić information content (AvgIpc) is 2.01. The third kappa shape index (κ3) is 7.49. The van der Waals surface area contributed by atoms with Crippen LogP contribution in [0, 0.1) is 0 Å². The van der Waals surface area contributed by atoms with E-state index in [4.69, 9.17) is 9.47 Å². The Morgan fingerprint density at radius 1 is 1.55 bits per heavy atom. The molecule has 0 saturated heterocycles. The Balaban J connectivity index is 3.08. The highest BCUT2D eigenvalue weighted by Gasteiger charge is 1.99. The molecule has 0 heterocycles. The molecule has 11 heavy (non-hydrogen) atoms. The fraction of sp³-hybridized carbons (Fsp3) is 0.875. The van der Waals surface area contributed by atoms with Gasteiger partial charge >= 0.3 is 0 Å². The second-order valence-electron chi connectivity index (χ2n) is 2.30. The van der Waals surface area contributed by atoms with Crippen LogP contribution in [0.2, 0.25) is 0 Å².